The van der Waals surface area contributed by atoms with E-state index in [0.717, 1.165) is 42.5 Å². The number of carbonyl (C=O) groups excluding carboxylic acids is 2. The number of para-hydroxylation sites is 1. The highest BCUT2D eigenvalue weighted by Crippen LogP contribution is 2.41. The van der Waals surface area contributed by atoms with Crippen LogP contribution < -0.4 is 4.90 Å². The first-order chi connectivity index (χ1) is 14.0. The number of Topliss-reactive ketones (excluding diaryl/α,β-unsaturated/α-hetero) is 1. The van der Waals surface area contributed by atoms with Crippen LogP contribution in [0.15, 0.2) is 54.6 Å². The first kappa shape index (κ1) is 19.5. The molecule has 2 aliphatic rings. The molecule has 4 rings (SSSR count). The molecule has 2 saturated heterocycles. The number of benzene rings is 2. The number of hydrogen-bond acceptors (Lipinski definition) is 4. The van der Waals surface area contributed by atoms with Gasteiger partial charge in [0.05, 0.1) is 0 Å². The van der Waals surface area contributed by atoms with Crippen LogP contribution >= 0.6 is 0 Å². The number of carbonyl (C=O) groups is 2. The molecule has 29 heavy (non-hydrogen) atoms. The van der Waals surface area contributed by atoms with Gasteiger partial charge in [-0.25, -0.2) is 4.79 Å². The Morgan fingerprint density at radius 3 is 2.24 bits per heavy atom. The second-order valence-electron chi connectivity index (χ2n) is 8.28. The van der Waals surface area contributed by atoms with E-state index in [0.29, 0.717) is 0 Å². The predicted molar refractivity (Wildman–Crippen MR) is 113 cm³/mol. The van der Waals surface area contributed by atoms with Gasteiger partial charge < -0.3 is 14.5 Å². The summed E-state index contributed by atoms with van der Waals surface area (Å²) in [7, 11) is 3.92. The van der Waals surface area contributed by atoms with E-state index in [1.165, 1.54) is 0 Å². The highest BCUT2D eigenvalue weighted by molar-refractivity contribution is 6.03. The molecule has 2 heterocycles. The molecule has 0 aromatic heterocycles. The molecular formula is C24H28N2O3. The van der Waals surface area contributed by atoms with Crippen molar-refractivity contribution in [2.24, 2.45) is 5.92 Å². The average Bonchev–Trinajstić information content (AvgIpc) is 3.01. The molecule has 2 bridgehead atoms. The van der Waals surface area contributed by atoms with Crippen molar-refractivity contribution in [1.82, 2.24) is 4.90 Å². The molecule has 2 aliphatic heterocycles. The Morgan fingerprint density at radius 1 is 0.966 bits per heavy atom. The molecule has 5 heteroatoms. The third kappa shape index (κ3) is 4.00. The predicted octanol–water partition coefficient (Wildman–Crippen LogP) is 4.52. The van der Waals surface area contributed by atoms with Crippen molar-refractivity contribution >= 4 is 17.6 Å². The highest BCUT2D eigenvalue weighted by atomic mass is 16.6. The summed E-state index contributed by atoms with van der Waals surface area (Å²) in [4.78, 5) is 29.9. The zero-order valence-corrected chi connectivity index (χ0v) is 17.1. The lowest BCUT2D eigenvalue weighted by Gasteiger charge is -2.37. The van der Waals surface area contributed by atoms with Crippen molar-refractivity contribution < 1.29 is 14.3 Å². The second-order valence-corrected chi connectivity index (χ2v) is 8.28. The highest BCUT2D eigenvalue weighted by Gasteiger charge is 2.46. The van der Waals surface area contributed by atoms with Crippen LogP contribution in [0, 0.1) is 5.92 Å². The Labute approximate surface area is 172 Å². The summed E-state index contributed by atoms with van der Waals surface area (Å²) in [5, 5.41) is 0. The molecule has 2 atom stereocenters. The lowest BCUT2D eigenvalue weighted by Crippen LogP contribution is -2.48. The number of ether oxygens (including phenoxy) is 1. The van der Waals surface area contributed by atoms with Crippen LogP contribution in [0.3, 0.4) is 0 Å². The number of piperidine rings is 1. The lowest BCUT2D eigenvalue weighted by atomic mass is 9.84. The average molecular weight is 392 g/mol. The van der Waals surface area contributed by atoms with Gasteiger partial charge in [-0.3, -0.25) is 4.79 Å². The van der Waals surface area contributed by atoms with E-state index in [1.54, 1.807) is 0 Å². The first-order valence-electron chi connectivity index (χ1n) is 10.3. The number of fused-ring (bicyclic) bond motifs is 2. The van der Waals surface area contributed by atoms with Crippen LogP contribution in [-0.4, -0.2) is 43.0 Å². The van der Waals surface area contributed by atoms with Gasteiger partial charge in [-0.2, -0.15) is 0 Å². The van der Waals surface area contributed by atoms with Crippen LogP contribution in [0.4, 0.5) is 10.5 Å². The van der Waals surface area contributed by atoms with Crippen molar-refractivity contribution in [2.45, 2.75) is 44.4 Å². The number of nitrogens with zero attached hydrogens (tertiary/aromatic N) is 2. The molecule has 5 nitrogen and oxygen atoms in total. The third-order valence-electron chi connectivity index (χ3n) is 6.17. The minimum Gasteiger partial charge on any atom is -0.445 e. The Hall–Kier alpha value is -2.82. The minimum atomic E-state index is -0.249. The monoisotopic (exact) mass is 392 g/mol. The molecule has 0 N–H and O–H groups in total. The Kier molecular flexibility index (Phi) is 5.56. The van der Waals surface area contributed by atoms with Gasteiger partial charge in [-0.15, -0.1) is 0 Å². The number of rotatable bonds is 5. The van der Waals surface area contributed by atoms with Gasteiger partial charge in [-0.05, 0) is 43.4 Å². The first-order valence-corrected chi connectivity index (χ1v) is 10.3. The van der Waals surface area contributed by atoms with Gasteiger partial charge in [-0.1, -0.05) is 42.5 Å². The third-order valence-corrected chi connectivity index (χ3v) is 6.17. The molecule has 0 saturated carbocycles. The fourth-order valence-corrected chi connectivity index (χ4v) is 4.77. The number of ketones is 1. The Balaban J connectivity index is 1.42. The standard InChI is InChI=1S/C24H28N2O3/c1-25(2)22-11-7-6-10-21(22)23(27)18-14-19-12-13-20(15-18)26(19)24(28)29-16-17-8-4-3-5-9-17/h3-11,18-20H,12-16H2,1-2H3. The van der Waals surface area contributed by atoms with E-state index in [4.69, 9.17) is 4.74 Å². The molecule has 1 amide bonds. The van der Waals surface area contributed by atoms with Crippen LogP contribution in [0.5, 0.6) is 0 Å². The summed E-state index contributed by atoms with van der Waals surface area (Å²) < 4.78 is 5.57. The molecule has 0 radical (unpaired) electrons. The van der Waals surface area contributed by atoms with E-state index in [2.05, 4.69) is 0 Å². The minimum absolute atomic E-state index is 0.0354. The van der Waals surface area contributed by atoms with Crippen LogP contribution in [0.2, 0.25) is 0 Å². The SMILES string of the molecule is CN(C)c1ccccc1C(=O)C1CC2CCC(C1)N2C(=O)OCc1ccccc1. The zero-order chi connectivity index (χ0) is 20.4. The van der Waals surface area contributed by atoms with Gasteiger partial charge in [0.15, 0.2) is 5.78 Å². The van der Waals surface area contributed by atoms with Crippen molar-refractivity contribution in [3.63, 3.8) is 0 Å². The number of hydrogen-bond donors (Lipinski definition) is 0. The molecule has 0 spiro atoms. The Morgan fingerprint density at radius 2 is 1.59 bits per heavy atom. The largest absolute Gasteiger partial charge is 0.445 e. The topological polar surface area (TPSA) is 49.9 Å². The van der Waals surface area contributed by atoms with Crippen molar-refractivity contribution in [3.8, 4) is 0 Å². The quantitative estimate of drug-likeness (QED) is 0.702. The molecular weight excluding hydrogens is 364 g/mol. The summed E-state index contributed by atoms with van der Waals surface area (Å²) in [6.45, 7) is 0.286. The van der Waals surface area contributed by atoms with E-state index in [-0.39, 0.29) is 36.5 Å². The van der Waals surface area contributed by atoms with Crippen LogP contribution in [-0.2, 0) is 11.3 Å². The smallest absolute Gasteiger partial charge is 0.410 e. The van der Waals surface area contributed by atoms with E-state index in [9.17, 15) is 9.59 Å². The molecule has 2 aromatic carbocycles. The van der Waals surface area contributed by atoms with Crippen molar-refractivity contribution in [3.05, 3.63) is 65.7 Å². The molecule has 2 unspecified atom stereocenters. The number of anilines is 1. The zero-order valence-electron chi connectivity index (χ0n) is 17.1. The normalized spacial score (nSPS) is 23.0. The second kappa shape index (κ2) is 8.27. The van der Waals surface area contributed by atoms with Crippen LogP contribution in [0.1, 0.15) is 41.6 Å². The summed E-state index contributed by atoms with van der Waals surface area (Å²) >= 11 is 0. The van der Waals surface area contributed by atoms with E-state index in [1.807, 2.05) is 78.5 Å². The molecule has 152 valence electrons. The van der Waals surface area contributed by atoms with E-state index >= 15 is 0 Å². The van der Waals surface area contributed by atoms with E-state index < -0.39 is 0 Å². The summed E-state index contributed by atoms with van der Waals surface area (Å²) in [6.07, 6.45) is 3.09. The molecule has 2 fully saturated rings. The van der Waals surface area contributed by atoms with Crippen molar-refractivity contribution in [2.75, 3.05) is 19.0 Å². The lowest BCUT2D eigenvalue weighted by molar-refractivity contribution is 0.0485. The fraction of sp³-hybridized carbons (Fsp3) is 0.417. The summed E-state index contributed by atoms with van der Waals surface area (Å²) in [6, 6.07) is 17.7. The van der Waals surface area contributed by atoms with Gasteiger partial charge in [0.1, 0.15) is 6.61 Å². The summed E-state index contributed by atoms with van der Waals surface area (Å²) in [5.41, 5.74) is 2.72. The maximum atomic E-state index is 13.3. The molecule has 0 aliphatic carbocycles. The van der Waals surface area contributed by atoms with Crippen molar-refractivity contribution in [1.29, 1.82) is 0 Å². The maximum Gasteiger partial charge on any atom is 0.410 e. The Bertz CT molecular complexity index is 867. The van der Waals surface area contributed by atoms with Gasteiger partial charge >= 0.3 is 6.09 Å². The van der Waals surface area contributed by atoms with Gasteiger partial charge in [0.25, 0.3) is 0 Å². The summed E-state index contributed by atoms with van der Waals surface area (Å²) in [5.74, 6) is 0.162. The maximum absolute atomic E-state index is 13.3. The molecule has 2 aromatic rings. The van der Waals surface area contributed by atoms with Gasteiger partial charge in [0, 0.05) is 43.3 Å². The van der Waals surface area contributed by atoms with Gasteiger partial charge in [0.2, 0.25) is 0 Å². The number of amides is 1. The van der Waals surface area contributed by atoms with Crippen LogP contribution in [0.25, 0.3) is 0 Å². The fourth-order valence-electron chi connectivity index (χ4n) is 4.77.